The molecular weight excluding hydrogens is 361 g/mol. The molecule has 1 unspecified atom stereocenters. The van der Waals surface area contributed by atoms with Crippen molar-refractivity contribution in [1.82, 2.24) is 5.32 Å². The highest BCUT2D eigenvalue weighted by atomic mass is 35.5. The average Bonchev–Trinajstić information content (AvgIpc) is 2.61. The standard InChI is InChI=1S/C19H19ClFNO4/c20-14-6-4-13(5-7-14)2-1-3-18(23)22-12-17(19(24)25)26-16-10-8-15(21)9-11-16/h4-11,17H,1-3,12H2,(H,22,23)(H,24,25). The monoisotopic (exact) mass is 379 g/mol. The average molecular weight is 380 g/mol. The summed E-state index contributed by atoms with van der Waals surface area (Å²) in [6.07, 6.45) is 0.370. The van der Waals surface area contributed by atoms with E-state index in [2.05, 4.69) is 5.32 Å². The minimum Gasteiger partial charge on any atom is -0.478 e. The normalized spacial score (nSPS) is 11.6. The second kappa shape index (κ2) is 9.77. The van der Waals surface area contributed by atoms with Gasteiger partial charge in [0.25, 0.3) is 0 Å². The van der Waals surface area contributed by atoms with E-state index >= 15 is 0 Å². The molecule has 138 valence electrons. The predicted molar refractivity (Wildman–Crippen MR) is 95.9 cm³/mol. The van der Waals surface area contributed by atoms with Gasteiger partial charge in [-0.3, -0.25) is 4.79 Å². The third kappa shape index (κ3) is 6.72. The summed E-state index contributed by atoms with van der Waals surface area (Å²) in [4.78, 5) is 23.1. The molecule has 0 aromatic heterocycles. The highest BCUT2D eigenvalue weighted by Crippen LogP contribution is 2.13. The van der Waals surface area contributed by atoms with Crippen molar-refractivity contribution in [1.29, 1.82) is 0 Å². The van der Waals surface area contributed by atoms with Crippen LogP contribution in [0.15, 0.2) is 48.5 Å². The maximum atomic E-state index is 12.9. The molecule has 1 atom stereocenters. The number of carbonyl (C=O) groups is 2. The minimum atomic E-state index is -1.25. The van der Waals surface area contributed by atoms with E-state index in [1.807, 2.05) is 12.1 Å². The summed E-state index contributed by atoms with van der Waals surface area (Å²) in [7, 11) is 0. The van der Waals surface area contributed by atoms with Gasteiger partial charge in [-0.2, -0.15) is 0 Å². The molecule has 2 aromatic rings. The van der Waals surface area contributed by atoms with Crippen molar-refractivity contribution in [3.05, 3.63) is 64.9 Å². The van der Waals surface area contributed by atoms with Crippen LogP contribution < -0.4 is 10.1 Å². The van der Waals surface area contributed by atoms with Crippen molar-refractivity contribution in [2.45, 2.75) is 25.4 Å². The van der Waals surface area contributed by atoms with Gasteiger partial charge in [0.15, 0.2) is 0 Å². The number of ether oxygens (including phenoxy) is 1. The number of aliphatic carboxylic acids is 1. The van der Waals surface area contributed by atoms with Crippen LogP contribution in [-0.2, 0) is 16.0 Å². The third-order valence-corrected chi connectivity index (χ3v) is 3.89. The van der Waals surface area contributed by atoms with Gasteiger partial charge >= 0.3 is 5.97 Å². The zero-order chi connectivity index (χ0) is 18.9. The number of carboxylic acids is 1. The Morgan fingerprint density at radius 2 is 1.77 bits per heavy atom. The highest BCUT2D eigenvalue weighted by Gasteiger charge is 2.20. The number of benzene rings is 2. The lowest BCUT2D eigenvalue weighted by Gasteiger charge is -2.16. The van der Waals surface area contributed by atoms with Crippen LogP contribution in [-0.4, -0.2) is 29.6 Å². The molecule has 0 saturated heterocycles. The molecule has 7 heteroatoms. The van der Waals surface area contributed by atoms with Crippen molar-refractivity contribution >= 4 is 23.5 Å². The zero-order valence-corrected chi connectivity index (χ0v) is 14.7. The van der Waals surface area contributed by atoms with E-state index in [4.69, 9.17) is 16.3 Å². The molecule has 0 radical (unpaired) electrons. The Bertz CT molecular complexity index is 734. The number of halogens is 2. The molecule has 0 aliphatic heterocycles. The Labute approximate surface area is 155 Å². The van der Waals surface area contributed by atoms with Gasteiger partial charge < -0.3 is 15.2 Å². The number of carboxylic acid groups (broad SMARTS) is 1. The number of nitrogens with one attached hydrogen (secondary N) is 1. The van der Waals surface area contributed by atoms with Gasteiger partial charge in [0.2, 0.25) is 12.0 Å². The van der Waals surface area contributed by atoms with Crippen LogP contribution in [0.2, 0.25) is 5.02 Å². The predicted octanol–water partition coefficient (Wildman–Crippen LogP) is 3.45. The van der Waals surface area contributed by atoms with Gasteiger partial charge in [-0.25, -0.2) is 9.18 Å². The molecule has 2 N–H and O–H groups in total. The molecule has 0 spiro atoms. The van der Waals surface area contributed by atoms with Crippen molar-refractivity contribution in [2.75, 3.05) is 6.54 Å². The van der Waals surface area contributed by atoms with Crippen LogP contribution in [0.5, 0.6) is 5.75 Å². The third-order valence-electron chi connectivity index (χ3n) is 3.63. The fourth-order valence-electron chi connectivity index (χ4n) is 2.26. The molecule has 2 aromatic carbocycles. The summed E-state index contributed by atoms with van der Waals surface area (Å²) in [5.74, 6) is -1.70. The van der Waals surface area contributed by atoms with Crippen LogP contribution in [0.3, 0.4) is 0 Å². The SMILES string of the molecule is O=C(CCCc1ccc(Cl)cc1)NCC(Oc1ccc(F)cc1)C(=O)O. The maximum Gasteiger partial charge on any atom is 0.346 e. The van der Waals surface area contributed by atoms with Crippen molar-refractivity contribution in [3.8, 4) is 5.75 Å². The number of aryl methyl sites for hydroxylation is 1. The molecule has 26 heavy (non-hydrogen) atoms. The van der Waals surface area contributed by atoms with E-state index in [0.29, 0.717) is 11.4 Å². The number of carbonyl (C=O) groups excluding carboxylic acids is 1. The van der Waals surface area contributed by atoms with E-state index in [-0.39, 0.29) is 24.6 Å². The van der Waals surface area contributed by atoms with Gasteiger partial charge in [0.05, 0.1) is 6.54 Å². The number of rotatable bonds is 9. The Hall–Kier alpha value is -2.60. The van der Waals surface area contributed by atoms with Crippen LogP contribution in [0, 0.1) is 5.82 Å². The molecule has 0 heterocycles. The van der Waals surface area contributed by atoms with Crippen LogP contribution in [0.1, 0.15) is 18.4 Å². The van der Waals surface area contributed by atoms with Gasteiger partial charge in [0.1, 0.15) is 11.6 Å². The smallest absolute Gasteiger partial charge is 0.346 e. The molecule has 0 aliphatic carbocycles. The van der Waals surface area contributed by atoms with Gasteiger partial charge in [-0.05, 0) is 54.8 Å². The molecule has 5 nitrogen and oxygen atoms in total. The fourth-order valence-corrected chi connectivity index (χ4v) is 2.38. The van der Waals surface area contributed by atoms with E-state index in [1.165, 1.54) is 24.3 Å². The number of amides is 1. The van der Waals surface area contributed by atoms with E-state index in [0.717, 1.165) is 12.0 Å². The molecule has 0 fully saturated rings. The molecule has 2 rings (SSSR count). The first kappa shape index (κ1) is 19.7. The Morgan fingerprint density at radius 3 is 2.38 bits per heavy atom. The van der Waals surface area contributed by atoms with Gasteiger partial charge in [0, 0.05) is 11.4 Å². The van der Waals surface area contributed by atoms with Gasteiger partial charge in [-0.1, -0.05) is 23.7 Å². The largest absolute Gasteiger partial charge is 0.478 e. The molecule has 0 aliphatic rings. The molecule has 0 bridgehead atoms. The van der Waals surface area contributed by atoms with Gasteiger partial charge in [-0.15, -0.1) is 0 Å². The van der Waals surface area contributed by atoms with E-state index in [9.17, 15) is 19.1 Å². The molecular formula is C19H19ClFNO4. The topological polar surface area (TPSA) is 75.6 Å². The lowest BCUT2D eigenvalue weighted by molar-refractivity contribution is -0.145. The van der Waals surface area contributed by atoms with Crippen molar-refractivity contribution in [2.24, 2.45) is 0 Å². The number of hydrogen-bond acceptors (Lipinski definition) is 3. The Kier molecular flexibility index (Phi) is 7.41. The quantitative estimate of drug-likeness (QED) is 0.699. The molecule has 1 amide bonds. The summed E-state index contributed by atoms with van der Waals surface area (Å²) < 4.78 is 18.1. The van der Waals surface area contributed by atoms with Crippen LogP contribution >= 0.6 is 11.6 Å². The summed E-state index contributed by atoms with van der Waals surface area (Å²) in [6, 6.07) is 12.4. The Morgan fingerprint density at radius 1 is 1.12 bits per heavy atom. The van der Waals surface area contributed by atoms with E-state index < -0.39 is 17.9 Å². The van der Waals surface area contributed by atoms with Crippen molar-refractivity contribution < 1.29 is 23.8 Å². The summed E-state index contributed by atoms with van der Waals surface area (Å²) in [6.45, 7) is -0.174. The molecule has 0 saturated carbocycles. The van der Waals surface area contributed by atoms with Crippen LogP contribution in [0.4, 0.5) is 4.39 Å². The van der Waals surface area contributed by atoms with Crippen LogP contribution in [0.25, 0.3) is 0 Å². The first-order chi connectivity index (χ1) is 12.4. The summed E-state index contributed by atoms with van der Waals surface area (Å²) >= 11 is 5.82. The maximum absolute atomic E-state index is 12.9. The first-order valence-electron chi connectivity index (χ1n) is 8.10. The van der Waals surface area contributed by atoms with Crippen molar-refractivity contribution in [3.63, 3.8) is 0 Å². The minimum absolute atomic E-state index is 0.174. The highest BCUT2D eigenvalue weighted by molar-refractivity contribution is 6.30. The lowest BCUT2D eigenvalue weighted by atomic mass is 10.1. The second-order valence-electron chi connectivity index (χ2n) is 5.68. The lowest BCUT2D eigenvalue weighted by Crippen LogP contribution is -2.40. The zero-order valence-electron chi connectivity index (χ0n) is 14.0. The van der Waals surface area contributed by atoms with E-state index in [1.54, 1.807) is 12.1 Å². The summed E-state index contributed by atoms with van der Waals surface area (Å²) in [5, 5.41) is 12.4. The fraction of sp³-hybridized carbons (Fsp3) is 0.263. The number of hydrogen-bond donors (Lipinski definition) is 2. The Balaban J connectivity index is 1.75. The second-order valence-corrected chi connectivity index (χ2v) is 6.12. The first-order valence-corrected chi connectivity index (χ1v) is 8.48. The summed E-state index contributed by atoms with van der Waals surface area (Å²) in [5.41, 5.74) is 1.07.